The van der Waals surface area contributed by atoms with E-state index in [1.807, 2.05) is 42.5 Å². The van der Waals surface area contributed by atoms with Gasteiger partial charge in [-0.2, -0.15) is 0 Å². The summed E-state index contributed by atoms with van der Waals surface area (Å²) in [5, 5.41) is 9.40. The summed E-state index contributed by atoms with van der Waals surface area (Å²) in [5.41, 5.74) is -0.177. The topological polar surface area (TPSA) is 182 Å². The van der Waals surface area contributed by atoms with E-state index in [1.54, 1.807) is 7.11 Å². The molecular weight excluding hydrogens is 678 g/mol. The molecule has 4 amide bonds. The summed E-state index contributed by atoms with van der Waals surface area (Å²) in [4.78, 5) is 62.6. The van der Waals surface area contributed by atoms with Crippen molar-refractivity contribution in [3.05, 3.63) is 48.0 Å². The molecule has 14 nitrogen and oxygen atoms in total. The predicted molar refractivity (Wildman–Crippen MR) is 187 cm³/mol. The van der Waals surface area contributed by atoms with Crippen LogP contribution in [0.2, 0.25) is 0 Å². The fourth-order valence-corrected chi connectivity index (χ4v) is 8.60. The van der Waals surface area contributed by atoms with Crippen molar-refractivity contribution in [3.8, 4) is 0 Å². The minimum atomic E-state index is -3.87. The Morgan fingerprint density at radius 1 is 1.00 bits per heavy atom. The van der Waals surface area contributed by atoms with Gasteiger partial charge in [0.2, 0.25) is 21.8 Å². The lowest BCUT2D eigenvalue weighted by Gasteiger charge is -2.30. The van der Waals surface area contributed by atoms with Crippen LogP contribution in [0.4, 0.5) is 4.79 Å². The number of amides is 4. The summed E-state index contributed by atoms with van der Waals surface area (Å²) in [6, 6.07) is 7.30. The van der Waals surface area contributed by atoms with E-state index in [0.29, 0.717) is 37.8 Å². The molecule has 0 aromatic heterocycles. The summed E-state index contributed by atoms with van der Waals surface area (Å²) in [6.07, 6.45) is 10.3. The molecule has 2 aliphatic heterocycles. The van der Waals surface area contributed by atoms with Gasteiger partial charge in [0.15, 0.2) is 0 Å². The number of alkyl carbamates (subject to hydrolysis) is 1. The van der Waals surface area contributed by atoms with Gasteiger partial charge in [0.1, 0.15) is 35.5 Å². The smallest absolute Gasteiger partial charge is 0.408 e. The minimum Gasteiger partial charge on any atom is -0.446 e. The zero-order valence-electron chi connectivity index (χ0n) is 29.1. The number of carbonyl (C=O) groups is 4. The van der Waals surface area contributed by atoms with E-state index < -0.39 is 68.7 Å². The Bertz CT molecular complexity index is 1610. The standard InChI is InChI=1S/C36H49N5O9S/c1-48-23-30(24-12-6-5-7-13-24)39-50-27-20-31-32(42)38-36(34(44)40-51(46,47)28-18-19-28)21-25(36)14-8-3-2-4-9-17-29(33(43)41(31)22-27)37-35(45)49-26-15-10-11-16-26/h5-8,12-14,25-29,31H,2-4,9-11,15-23H2,1H3,(H,37,45)(H,38,42)(H,40,44)/b14-8-,39-30+/t25?,27-,29+,31+,36-/m1/s1. The van der Waals surface area contributed by atoms with Crippen LogP contribution in [0.15, 0.2) is 47.6 Å². The van der Waals surface area contributed by atoms with Crippen LogP contribution in [0.5, 0.6) is 0 Å². The van der Waals surface area contributed by atoms with Crippen LogP contribution in [-0.2, 0) is 38.7 Å². The first-order valence-corrected chi connectivity index (χ1v) is 19.7. The summed E-state index contributed by atoms with van der Waals surface area (Å²) < 4.78 is 38.7. The lowest BCUT2D eigenvalue weighted by molar-refractivity contribution is -0.141. The first-order chi connectivity index (χ1) is 24.6. The fourth-order valence-electron chi connectivity index (χ4n) is 7.24. The number of fused-ring (bicyclic) bond motifs is 2. The van der Waals surface area contributed by atoms with Crippen molar-refractivity contribution >= 4 is 39.5 Å². The summed E-state index contributed by atoms with van der Waals surface area (Å²) in [5.74, 6) is -2.28. The Hall–Kier alpha value is -3.98. The molecule has 1 unspecified atom stereocenters. The van der Waals surface area contributed by atoms with Crippen molar-refractivity contribution in [2.24, 2.45) is 11.1 Å². The maximum atomic E-state index is 14.4. The zero-order chi connectivity index (χ0) is 36.0. The number of hydrogen-bond donors (Lipinski definition) is 3. The van der Waals surface area contributed by atoms with Crippen LogP contribution >= 0.6 is 0 Å². The Morgan fingerprint density at radius 2 is 1.75 bits per heavy atom. The first kappa shape index (κ1) is 36.8. The van der Waals surface area contributed by atoms with Gasteiger partial charge in [0.05, 0.1) is 18.4 Å². The number of rotatable bonds is 10. The van der Waals surface area contributed by atoms with Gasteiger partial charge in [-0.25, -0.2) is 13.2 Å². The maximum absolute atomic E-state index is 14.4. The Kier molecular flexibility index (Phi) is 11.6. The number of nitrogens with zero attached hydrogens (tertiary/aromatic N) is 2. The Labute approximate surface area is 299 Å². The second-order valence-corrected chi connectivity index (χ2v) is 16.3. The highest BCUT2D eigenvalue weighted by Crippen LogP contribution is 2.46. The quantitative estimate of drug-likeness (QED) is 0.185. The highest BCUT2D eigenvalue weighted by Gasteiger charge is 2.62. The van der Waals surface area contributed by atoms with Gasteiger partial charge in [0, 0.05) is 25.0 Å². The molecule has 5 atom stereocenters. The third kappa shape index (κ3) is 9.09. The number of allylic oxidation sites excluding steroid dienone is 1. The Balaban J connectivity index is 1.26. The van der Waals surface area contributed by atoms with Crippen LogP contribution in [-0.4, -0.2) is 98.2 Å². The lowest BCUT2D eigenvalue weighted by Crippen LogP contribution is -2.58. The number of methoxy groups -OCH3 is 1. The molecule has 5 aliphatic rings. The van der Waals surface area contributed by atoms with Crippen molar-refractivity contribution in [1.29, 1.82) is 0 Å². The molecule has 3 N–H and O–H groups in total. The zero-order valence-corrected chi connectivity index (χ0v) is 29.9. The minimum absolute atomic E-state index is 0.0100. The predicted octanol–water partition coefficient (Wildman–Crippen LogP) is 3.06. The molecule has 1 aromatic carbocycles. The average molecular weight is 728 g/mol. The fraction of sp³-hybridized carbons (Fsp3) is 0.639. The van der Waals surface area contributed by atoms with E-state index in [9.17, 15) is 27.6 Å². The number of oxime groups is 1. The number of hydrogen-bond acceptors (Lipinski definition) is 10. The van der Waals surface area contributed by atoms with E-state index in [0.717, 1.165) is 44.1 Å². The van der Waals surface area contributed by atoms with Crippen molar-refractivity contribution in [2.45, 2.75) is 119 Å². The van der Waals surface area contributed by atoms with Crippen molar-refractivity contribution in [1.82, 2.24) is 20.3 Å². The molecule has 278 valence electrons. The second kappa shape index (κ2) is 16.1. The van der Waals surface area contributed by atoms with Gasteiger partial charge in [-0.05, 0) is 64.2 Å². The van der Waals surface area contributed by atoms with Crippen molar-refractivity contribution in [2.75, 3.05) is 20.3 Å². The van der Waals surface area contributed by atoms with Crippen LogP contribution in [0.25, 0.3) is 0 Å². The molecule has 1 saturated heterocycles. The SMILES string of the molecule is COC/C(=N\O[C@@H]1C[C@H]2C(=O)N[C@]3(C(=O)NS(=O)(=O)C4CC4)CC3/C=C\CCCCC[C@H](NC(=O)OC3CCCC3)C(=O)N2C1)c1ccccc1. The molecule has 6 rings (SSSR count). The van der Waals surface area contributed by atoms with Crippen LogP contribution < -0.4 is 15.4 Å². The largest absolute Gasteiger partial charge is 0.446 e. The molecule has 0 bridgehead atoms. The van der Waals surface area contributed by atoms with Crippen LogP contribution in [0.3, 0.4) is 0 Å². The molecule has 0 radical (unpaired) electrons. The summed E-state index contributed by atoms with van der Waals surface area (Å²) in [7, 11) is -2.33. The number of carbonyl (C=O) groups excluding carboxylic acids is 4. The number of ether oxygens (including phenoxy) is 2. The number of nitrogens with one attached hydrogen (secondary N) is 3. The normalized spacial score (nSPS) is 29.8. The summed E-state index contributed by atoms with van der Waals surface area (Å²) >= 11 is 0. The van der Waals surface area contributed by atoms with Crippen molar-refractivity contribution < 1.29 is 41.9 Å². The third-order valence-corrected chi connectivity index (χ3v) is 12.2. The number of sulfonamides is 1. The highest BCUT2D eigenvalue weighted by atomic mass is 32.2. The molecule has 4 fully saturated rings. The second-order valence-electron chi connectivity index (χ2n) is 14.3. The molecule has 3 saturated carbocycles. The van der Waals surface area contributed by atoms with Gasteiger partial charge in [-0.1, -0.05) is 60.5 Å². The van der Waals surface area contributed by atoms with E-state index in [1.165, 1.54) is 4.90 Å². The van der Waals surface area contributed by atoms with Gasteiger partial charge >= 0.3 is 6.09 Å². The van der Waals surface area contributed by atoms with E-state index in [-0.39, 0.29) is 32.1 Å². The van der Waals surface area contributed by atoms with E-state index in [2.05, 4.69) is 20.5 Å². The number of benzene rings is 1. The van der Waals surface area contributed by atoms with Crippen LogP contribution in [0, 0.1) is 5.92 Å². The lowest BCUT2D eigenvalue weighted by atomic mass is 10.0. The molecule has 51 heavy (non-hydrogen) atoms. The van der Waals surface area contributed by atoms with Crippen LogP contribution in [0.1, 0.15) is 89.0 Å². The monoisotopic (exact) mass is 727 g/mol. The Morgan fingerprint density at radius 3 is 2.47 bits per heavy atom. The third-order valence-electron chi connectivity index (χ3n) is 10.4. The first-order valence-electron chi connectivity index (χ1n) is 18.2. The van der Waals surface area contributed by atoms with Gasteiger partial charge in [0.25, 0.3) is 5.91 Å². The van der Waals surface area contributed by atoms with Crippen molar-refractivity contribution in [3.63, 3.8) is 0 Å². The van der Waals surface area contributed by atoms with Gasteiger partial charge in [-0.15, -0.1) is 0 Å². The maximum Gasteiger partial charge on any atom is 0.408 e. The molecule has 0 spiro atoms. The highest BCUT2D eigenvalue weighted by molar-refractivity contribution is 7.91. The molecule has 1 aromatic rings. The van der Waals surface area contributed by atoms with E-state index in [4.69, 9.17) is 14.3 Å². The van der Waals surface area contributed by atoms with Gasteiger partial charge in [-0.3, -0.25) is 19.1 Å². The van der Waals surface area contributed by atoms with Gasteiger partial charge < -0.3 is 29.8 Å². The average Bonchev–Trinajstić information content (AvgIpc) is 3.98. The molecule has 15 heteroatoms. The molecular formula is C36H49N5O9S. The molecule has 3 aliphatic carbocycles. The summed E-state index contributed by atoms with van der Waals surface area (Å²) in [6.45, 7) is 0.151. The molecule has 2 heterocycles. The van der Waals surface area contributed by atoms with E-state index >= 15 is 0 Å².